The van der Waals surface area contributed by atoms with Crippen LogP contribution in [-0.2, 0) is 11.4 Å². The first-order valence-electron chi connectivity index (χ1n) is 10.1. The molecular weight excluding hydrogens is 456 g/mol. The second-order valence-electron chi connectivity index (χ2n) is 7.26. The number of para-hydroxylation sites is 1. The van der Waals surface area contributed by atoms with Gasteiger partial charge < -0.3 is 19.9 Å². The summed E-state index contributed by atoms with van der Waals surface area (Å²) in [4.78, 5) is 24.0. The normalized spacial score (nSPS) is 10.8. The Morgan fingerprint density at radius 1 is 1.15 bits per heavy atom. The van der Waals surface area contributed by atoms with Gasteiger partial charge >= 0.3 is 5.97 Å². The molecule has 2 N–H and O–H groups in total. The lowest BCUT2D eigenvalue weighted by atomic mass is 10.1. The number of nitrogens with one attached hydrogen (secondary N) is 1. The van der Waals surface area contributed by atoms with Crippen LogP contribution in [-0.4, -0.2) is 24.1 Å². The second-order valence-corrected chi connectivity index (χ2v) is 7.69. The number of hydrogen-bond donors (Lipinski definition) is 2. The van der Waals surface area contributed by atoms with Crippen molar-refractivity contribution in [3.05, 3.63) is 93.5 Å². The van der Waals surface area contributed by atoms with E-state index in [0.29, 0.717) is 33.3 Å². The zero-order chi connectivity index (χ0) is 24.7. The smallest absolute Gasteiger partial charge is 0.335 e. The average molecular weight is 477 g/mol. The zero-order valence-corrected chi connectivity index (χ0v) is 19.2. The number of carboxylic acid groups (broad SMARTS) is 1. The van der Waals surface area contributed by atoms with Gasteiger partial charge in [0.25, 0.3) is 5.91 Å². The van der Waals surface area contributed by atoms with Gasteiger partial charge in [-0.2, -0.15) is 5.26 Å². The van der Waals surface area contributed by atoms with Gasteiger partial charge in [-0.15, -0.1) is 0 Å². The van der Waals surface area contributed by atoms with Gasteiger partial charge in [-0.05, 0) is 54.5 Å². The average Bonchev–Trinajstić information content (AvgIpc) is 2.83. The van der Waals surface area contributed by atoms with Crippen molar-refractivity contribution in [2.45, 2.75) is 13.5 Å². The number of ether oxygens (including phenoxy) is 2. The van der Waals surface area contributed by atoms with E-state index >= 15 is 0 Å². The molecule has 0 radical (unpaired) electrons. The monoisotopic (exact) mass is 476 g/mol. The number of aryl methyl sites for hydroxylation is 1. The Bertz CT molecular complexity index is 1310. The van der Waals surface area contributed by atoms with E-state index in [9.17, 15) is 20.0 Å². The SMILES string of the molecule is COc1cccc(/C=C(/C#N)C(=O)Nc2cc(Cl)ccc2C)c1OCc1cccc(C(=O)O)c1. The predicted molar refractivity (Wildman–Crippen MR) is 129 cm³/mol. The van der Waals surface area contributed by atoms with Crippen molar-refractivity contribution in [1.82, 2.24) is 0 Å². The van der Waals surface area contributed by atoms with E-state index in [0.717, 1.165) is 5.56 Å². The highest BCUT2D eigenvalue weighted by molar-refractivity contribution is 6.31. The molecule has 172 valence electrons. The molecule has 0 aliphatic rings. The minimum atomic E-state index is -1.04. The standard InChI is InChI=1S/C26H21ClN2O5/c1-16-9-10-21(27)13-22(16)29-25(30)20(14-28)12-18-6-4-8-23(33-2)24(18)34-15-17-5-3-7-19(11-17)26(31)32/h3-13H,15H2,1-2H3,(H,29,30)(H,31,32)/b20-12-. The third-order valence-electron chi connectivity index (χ3n) is 4.90. The van der Waals surface area contributed by atoms with E-state index in [1.165, 1.54) is 25.3 Å². The van der Waals surface area contributed by atoms with Gasteiger partial charge in [0.15, 0.2) is 11.5 Å². The number of carbonyl (C=O) groups excluding carboxylic acids is 1. The van der Waals surface area contributed by atoms with Gasteiger partial charge in [-0.25, -0.2) is 4.79 Å². The summed E-state index contributed by atoms with van der Waals surface area (Å²) in [5.74, 6) is -0.935. The van der Waals surface area contributed by atoms with Crippen LogP contribution >= 0.6 is 11.6 Å². The number of halogens is 1. The highest BCUT2D eigenvalue weighted by Gasteiger charge is 2.15. The minimum Gasteiger partial charge on any atom is -0.493 e. The number of carboxylic acids is 1. The summed E-state index contributed by atoms with van der Waals surface area (Å²) in [7, 11) is 1.47. The fourth-order valence-corrected chi connectivity index (χ4v) is 3.31. The van der Waals surface area contributed by atoms with Crippen LogP contribution in [0.1, 0.15) is 27.0 Å². The van der Waals surface area contributed by atoms with E-state index in [2.05, 4.69) is 5.32 Å². The molecule has 3 aromatic carbocycles. The van der Waals surface area contributed by atoms with Gasteiger partial charge in [0.2, 0.25) is 0 Å². The molecule has 8 heteroatoms. The molecule has 0 aliphatic carbocycles. The third kappa shape index (κ3) is 5.94. The Hall–Kier alpha value is -4.28. The molecule has 3 aromatic rings. The zero-order valence-electron chi connectivity index (χ0n) is 18.5. The largest absolute Gasteiger partial charge is 0.493 e. The number of rotatable bonds is 8. The number of amides is 1. The van der Waals surface area contributed by atoms with Crippen LogP contribution in [0.25, 0.3) is 6.08 Å². The summed E-state index contributed by atoms with van der Waals surface area (Å²) in [6.45, 7) is 1.87. The predicted octanol–water partition coefficient (Wildman–Crippen LogP) is 5.48. The minimum absolute atomic E-state index is 0.0537. The van der Waals surface area contributed by atoms with Crippen molar-refractivity contribution in [3.8, 4) is 17.6 Å². The van der Waals surface area contributed by atoms with Gasteiger partial charge in [-0.1, -0.05) is 41.9 Å². The molecule has 34 heavy (non-hydrogen) atoms. The number of hydrogen-bond acceptors (Lipinski definition) is 5. The molecule has 3 rings (SSSR count). The van der Waals surface area contributed by atoms with Gasteiger partial charge in [0.1, 0.15) is 18.2 Å². The Balaban J connectivity index is 1.90. The van der Waals surface area contributed by atoms with Gasteiger partial charge in [-0.3, -0.25) is 4.79 Å². The van der Waals surface area contributed by atoms with Crippen LogP contribution in [0.15, 0.2) is 66.2 Å². The number of carbonyl (C=O) groups is 2. The van der Waals surface area contributed by atoms with E-state index in [-0.39, 0.29) is 17.7 Å². The molecule has 0 unspecified atom stereocenters. The van der Waals surface area contributed by atoms with Crippen molar-refractivity contribution in [3.63, 3.8) is 0 Å². The number of methoxy groups -OCH3 is 1. The molecule has 0 atom stereocenters. The third-order valence-corrected chi connectivity index (χ3v) is 5.13. The molecule has 0 aliphatic heterocycles. The molecule has 0 bridgehead atoms. The van der Waals surface area contributed by atoms with Crippen molar-refractivity contribution in [2.75, 3.05) is 12.4 Å². The molecule has 0 saturated heterocycles. The lowest BCUT2D eigenvalue weighted by Gasteiger charge is -2.14. The van der Waals surface area contributed by atoms with E-state index in [1.807, 2.05) is 13.0 Å². The second kappa shape index (κ2) is 11.0. The Labute approximate surface area is 201 Å². The highest BCUT2D eigenvalue weighted by atomic mass is 35.5. The Kier molecular flexibility index (Phi) is 7.91. The number of anilines is 1. The maximum Gasteiger partial charge on any atom is 0.335 e. The first kappa shape index (κ1) is 24.4. The van der Waals surface area contributed by atoms with Crippen LogP contribution in [0, 0.1) is 18.3 Å². The van der Waals surface area contributed by atoms with Crippen molar-refractivity contribution >= 4 is 35.2 Å². The van der Waals surface area contributed by atoms with Crippen LogP contribution in [0.5, 0.6) is 11.5 Å². The summed E-state index contributed by atoms with van der Waals surface area (Å²) in [6.07, 6.45) is 1.40. The Morgan fingerprint density at radius 3 is 2.62 bits per heavy atom. The van der Waals surface area contributed by atoms with Gasteiger partial charge in [0.05, 0.1) is 12.7 Å². The molecule has 7 nitrogen and oxygen atoms in total. The summed E-state index contributed by atoms with van der Waals surface area (Å²) in [5, 5.41) is 22.0. The fraction of sp³-hybridized carbons (Fsp3) is 0.115. The number of nitrogens with zero attached hydrogens (tertiary/aromatic N) is 1. The molecule has 0 fully saturated rings. The van der Waals surface area contributed by atoms with Crippen molar-refractivity contribution < 1.29 is 24.2 Å². The van der Waals surface area contributed by atoms with Crippen LogP contribution in [0.2, 0.25) is 5.02 Å². The van der Waals surface area contributed by atoms with E-state index in [4.69, 9.17) is 21.1 Å². The van der Waals surface area contributed by atoms with Crippen LogP contribution in [0.4, 0.5) is 5.69 Å². The fourth-order valence-electron chi connectivity index (χ4n) is 3.13. The molecule has 0 spiro atoms. The van der Waals surface area contributed by atoms with E-state index in [1.54, 1.807) is 48.5 Å². The van der Waals surface area contributed by atoms with Crippen molar-refractivity contribution in [2.24, 2.45) is 0 Å². The van der Waals surface area contributed by atoms with E-state index < -0.39 is 11.9 Å². The van der Waals surface area contributed by atoms with Crippen LogP contribution in [0.3, 0.4) is 0 Å². The lowest BCUT2D eigenvalue weighted by Crippen LogP contribution is -2.14. The lowest BCUT2D eigenvalue weighted by molar-refractivity contribution is -0.112. The number of nitriles is 1. The number of benzene rings is 3. The summed E-state index contributed by atoms with van der Waals surface area (Å²) in [6, 6.07) is 18.4. The molecule has 0 heterocycles. The topological polar surface area (TPSA) is 109 Å². The summed E-state index contributed by atoms with van der Waals surface area (Å²) < 4.78 is 11.3. The summed E-state index contributed by atoms with van der Waals surface area (Å²) in [5.41, 5.74) is 2.37. The first-order valence-corrected chi connectivity index (χ1v) is 10.5. The number of aromatic carboxylic acids is 1. The van der Waals surface area contributed by atoms with Crippen molar-refractivity contribution in [1.29, 1.82) is 5.26 Å². The van der Waals surface area contributed by atoms with Crippen LogP contribution < -0.4 is 14.8 Å². The molecule has 0 aromatic heterocycles. The van der Waals surface area contributed by atoms with Gasteiger partial charge in [0, 0.05) is 16.3 Å². The Morgan fingerprint density at radius 2 is 1.91 bits per heavy atom. The highest BCUT2D eigenvalue weighted by Crippen LogP contribution is 2.33. The quantitative estimate of drug-likeness (QED) is 0.329. The first-order chi connectivity index (χ1) is 16.3. The maximum atomic E-state index is 12.8. The molecular formula is C26H21ClN2O5. The molecule has 0 saturated carbocycles. The summed E-state index contributed by atoms with van der Waals surface area (Å²) >= 11 is 6.02. The molecule has 1 amide bonds. The maximum absolute atomic E-state index is 12.8.